The first kappa shape index (κ1) is 20.3. The highest BCUT2D eigenvalue weighted by molar-refractivity contribution is 7.91. The average Bonchev–Trinajstić information content (AvgIpc) is 3.39. The molecule has 2 saturated heterocycles. The van der Waals surface area contributed by atoms with Crippen molar-refractivity contribution >= 4 is 21.7 Å². The van der Waals surface area contributed by atoms with Crippen LogP contribution in [0.15, 0.2) is 24.3 Å². The minimum absolute atomic E-state index is 0.000751. The molecule has 158 valence electrons. The molecule has 3 aliphatic rings. The van der Waals surface area contributed by atoms with Gasteiger partial charge in [-0.2, -0.15) is 0 Å². The molecule has 0 radical (unpaired) electrons. The van der Waals surface area contributed by atoms with Crippen LogP contribution in [0.3, 0.4) is 0 Å². The molecule has 6 nitrogen and oxygen atoms in total. The molecule has 8 heteroatoms. The second-order valence-electron chi connectivity index (χ2n) is 8.72. The first-order valence-electron chi connectivity index (χ1n) is 10.3. The Morgan fingerprint density at radius 1 is 1.21 bits per heavy atom. The van der Waals surface area contributed by atoms with Gasteiger partial charge in [-0.05, 0) is 37.0 Å². The number of hydrogen-bond acceptors (Lipinski definition) is 4. The zero-order valence-electron chi connectivity index (χ0n) is 16.4. The Morgan fingerprint density at radius 3 is 2.52 bits per heavy atom. The lowest BCUT2D eigenvalue weighted by molar-refractivity contribution is -0.130. The minimum atomic E-state index is -3.08. The Morgan fingerprint density at radius 2 is 1.90 bits per heavy atom. The van der Waals surface area contributed by atoms with Gasteiger partial charge in [0.05, 0.1) is 17.4 Å². The lowest BCUT2D eigenvalue weighted by Gasteiger charge is -2.30. The number of halogens is 1. The quantitative estimate of drug-likeness (QED) is 0.784. The molecular weight excluding hydrogens is 395 g/mol. The number of carbonyl (C=O) groups is 2. The summed E-state index contributed by atoms with van der Waals surface area (Å²) < 4.78 is 36.8. The summed E-state index contributed by atoms with van der Waals surface area (Å²) in [4.78, 5) is 26.8. The normalized spacial score (nSPS) is 28.0. The zero-order valence-corrected chi connectivity index (χ0v) is 17.2. The second-order valence-corrected chi connectivity index (χ2v) is 10.9. The third kappa shape index (κ3) is 4.17. The Labute approximate surface area is 170 Å². The molecule has 2 heterocycles. The summed E-state index contributed by atoms with van der Waals surface area (Å²) in [6, 6.07) is 6.22. The summed E-state index contributed by atoms with van der Waals surface area (Å²) >= 11 is 0. The molecule has 29 heavy (non-hydrogen) atoms. The van der Waals surface area contributed by atoms with Gasteiger partial charge in [-0.1, -0.05) is 25.0 Å². The van der Waals surface area contributed by atoms with Crippen molar-refractivity contribution in [2.24, 2.45) is 5.92 Å². The SMILES string of the molecule is O=C(NCC1(c2ccc(F)cc2)CCCC1)C1CC(=O)N(C2CCS(=O)(=O)C2)C1. The fourth-order valence-electron chi connectivity index (χ4n) is 5.10. The van der Waals surface area contributed by atoms with Gasteiger partial charge >= 0.3 is 0 Å². The summed E-state index contributed by atoms with van der Waals surface area (Å²) in [5.74, 6) is -0.905. The van der Waals surface area contributed by atoms with Crippen molar-refractivity contribution in [3.8, 4) is 0 Å². The van der Waals surface area contributed by atoms with Crippen LogP contribution < -0.4 is 5.32 Å². The van der Waals surface area contributed by atoms with Gasteiger partial charge in [0.2, 0.25) is 11.8 Å². The number of amides is 2. The van der Waals surface area contributed by atoms with Gasteiger partial charge in [0, 0.05) is 31.0 Å². The largest absolute Gasteiger partial charge is 0.355 e. The van der Waals surface area contributed by atoms with Crippen molar-refractivity contribution in [1.29, 1.82) is 0 Å². The van der Waals surface area contributed by atoms with Gasteiger partial charge in [0.1, 0.15) is 5.82 Å². The topological polar surface area (TPSA) is 83.6 Å². The Balaban J connectivity index is 1.39. The third-order valence-corrected chi connectivity index (χ3v) is 8.55. The molecular formula is C21H27FN2O4S. The predicted molar refractivity (Wildman–Crippen MR) is 106 cm³/mol. The van der Waals surface area contributed by atoms with E-state index in [0.29, 0.717) is 13.0 Å². The second kappa shape index (κ2) is 7.70. The first-order valence-corrected chi connectivity index (χ1v) is 12.1. The van der Waals surface area contributed by atoms with Gasteiger partial charge < -0.3 is 10.2 Å². The van der Waals surface area contributed by atoms with E-state index >= 15 is 0 Å². The van der Waals surface area contributed by atoms with Crippen molar-refractivity contribution < 1.29 is 22.4 Å². The van der Waals surface area contributed by atoms with E-state index in [0.717, 1.165) is 31.2 Å². The molecule has 1 aromatic carbocycles. The van der Waals surface area contributed by atoms with Crippen molar-refractivity contribution in [3.05, 3.63) is 35.6 Å². The molecule has 1 N–H and O–H groups in total. The Kier molecular flexibility index (Phi) is 5.40. The molecule has 0 spiro atoms. The number of benzene rings is 1. The molecule has 4 rings (SSSR count). The molecule has 2 atom stereocenters. The van der Waals surface area contributed by atoms with Gasteiger partial charge in [-0.25, -0.2) is 12.8 Å². The lowest BCUT2D eigenvalue weighted by Crippen LogP contribution is -2.43. The van der Waals surface area contributed by atoms with Crippen LogP contribution in [-0.4, -0.2) is 55.8 Å². The van der Waals surface area contributed by atoms with Gasteiger partial charge in [0.15, 0.2) is 9.84 Å². The maximum atomic E-state index is 13.3. The molecule has 1 aromatic rings. The lowest BCUT2D eigenvalue weighted by atomic mass is 9.78. The van der Waals surface area contributed by atoms with E-state index in [1.165, 1.54) is 12.1 Å². The highest BCUT2D eigenvalue weighted by Crippen LogP contribution is 2.40. The smallest absolute Gasteiger partial charge is 0.225 e. The van der Waals surface area contributed by atoms with E-state index in [1.807, 2.05) is 0 Å². The Hall–Kier alpha value is -1.96. The van der Waals surface area contributed by atoms with Crippen molar-refractivity contribution in [2.75, 3.05) is 24.6 Å². The maximum absolute atomic E-state index is 13.3. The highest BCUT2D eigenvalue weighted by Gasteiger charge is 2.43. The summed E-state index contributed by atoms with van der Waals surface area (Å²) in [7, 11) is -3.08. The molecule has 1 aliphatic carbocycles. The van der Waals surface area contributed by atoms with Crippen molar-refractivity contribution in [3.63, 3.8) is 0 Å². The van der Waals surface area contributed by atoms with E-state index < -0.39 is 15.8 Å². The number of sulfone groups is 1. The number of likely N-dealkylation sites (tertiary alicyclic amines) is 1. The summed E-state index contributed by atoms with van der Waals surface area (Å²) in [6.07, 6.45) is 4.60. The van der Waals surface area contributed by atoms with Crippen LogP contribution in [0.2, 0.25) is 0 Å². The summed E-state index contributed by atoms with van der Waals surface area (Å²) in [5.41, 5.74) is 0.850. The number of carbonyl (C=O) groups excluding carboxylic acids is 2. The van der Waals surface area contributed by atoms with Crippen LogP contribution >= 0.6 is 0 Å². The van der Waals surface area contributed by atoms with Crippen LogP contribution in [-0.2, 0) is 24.8 Å². The van der Waals surface area contributed by atoms with Gasteiger partial charge in [-0.15, -0.1) is 0 Å². The van der Waals surface area contributed by atoms with E-state index in [-0.39, 0.29) is 53.6 Å². The van der Waals surface area contributed by atoms with Gasteiger partial charge in [0.25, 0.3) is 0 Å². The highest BCUT2D eigenvalue weighted by atomic mass is 32.2. The molecule has 3 fully saturated rings. The maximum Gasteiger partial charge on any atom is 0.225 e. The fourth-order valence-corrected chi connectivity index (χ4v) is 6.84. The number of rotatable bonds is 5. The summed E-state index contributed by atoms with van der Waals surface area (Å²) in [6.45, 7) is 0.758. The molecule has 2 amide bonds. The van der Waals surface area contributed by atoms with Crippen molar-refractivity contribution in [1.82, 2.24) is 10.2 Å². The number of nitrogens with one attached hydrogen (secondary N) is 1. The van der Waals surface area contributed by atoms with E-state index in [1.54, 1.807) is 17.0 Å². The summed E-state index contributed by atoms with van der Waals surface area (Å²) in [5, 5.41) is 3.04. The third-order valence-electron chi connectivity index (χ3n) is 6.80. The number of nitrogens with zero attached hydrogens (tertiary/aromatic N) is 1. The van der Waals surface area contributed by atoms with E-state index in [4.69, 9.17) is 0 Å². The van der Waals surface area contributed by atoms with Crippen LogP contribution in [0.4, 0.5) is 4.39 Å². The van der Waals surface area contributed by atoms with Gasteiger partial charge in [-0.3, -0.25) is 9.59 Å². The van der Waals surface area contributed by atoms with Crippen LogP contribution in [0, 0.1) is 11.7 Å². The van der Waals surface area contributed by atoms with Crippen LogP contribution in [0.1, 0.15) is 44.1 Å². The van der Waals surface area contributed by atoms with Crippen LogP contribution in [0.5, 0.6) is 0 Å². The molecule has 1 saturated carbocycles. The first-order chi connectivity index (χ1) is 13.8. The number of hydrogen-bond donors (Lipinski definition) is 1. The predicted octanol–water partition coefficient (Wildman–Crippen LogP) is 1.79. The monoisotopic (exact) mass is 422 g/mol. The average molecular weight is 423 g/mol. The molecule has 2 unspecified atom stereocenters. The molecule has 2 aliphatic heterocycles. The minimum Gasteiger partial charge on any atom is -0.355 e. The Bertz CT molecular complexity index is 894. The van der Waals surface area contributed by atoms with Crippen molar-refractivity contribution in [2.45, 2.75) is 50.0 Å². The van der Waals surface area contributed by atoms with Crippen LogP contribution in [0.25, 0.3) is 0 Å². The van der Waals surface area contributed by atoms with E-state index in [9.17, 15) is 22.4 Å². The standard InChI is InChI=1S/C21H27FN2O4S/c22-17-5-3-16(4-6-17)21(8-1-2-9-21)14-23-20(26)15-11-19(25)24(12-15)18-7-10-29(27,28)13-18/h3-6,15,18H,1-2,7-14H2,(H,23,26). The molecule has 0 aromatic heterocycles. The zero-order chi connectivity index (χ0) is 20.6. The molecule has 0 bridgehead atoms. The fraction of sp³-hybridized carbons (Fsp3) is 0.619. The van der Waals surface area contributed by atoms with E-state index in [2.05, 4.69) is 5.32 Å².